The largest absolute Gasteiger partial charge is 0.459 e. The molecule has 150 valence electrons. The van der Waals surface area contributed by atoms with Gasteiger partial charge in [0.1, 0.15) is 6.04 Å². The quantitative estimate of drug-likeness (QED) is 0.647. The number of rotatable bonds is 6. The Kier molecular flexibility index (Phi) is 6.01. The molecule has 3 aromatic rings. The van der Waals surface area contributed by atoms with E-state index in [4.69, 9.17) is 4.42 Å². The number of halogens is 3. The maximum atomic E-state index is 12.9. The van der Waals surface area contributed by atoms with Gasteiger partial charge in [0.05, 0.1) is 11.8 Å². The van der Waals surface area contributed by atoms with Crippen molar-refractivity contribution in [2.75, 3.05) is 5.32 Å². The third-order valence-electron chi connectivity index (χ3n) is 4.11. The van der Waals surface area contributed by atoms with E-state index < -0.39 is 29.6 Å². The van der Waals surface area contributed by atoms with Crippen molar-refractivity contribution in [2.24, 2.45) is 0 Å². The number of alkyl halides is 3. The zero-order chi connectivity index (χ0) is 20.9. The lowest BCUT2D eigenvalue weighted by Gasteiger charge is -2.18. The first-order valence-electron chi connectivity index (χ1n) is 8.69. The van der Waals surface area contributed by atoms with Crippen LogP contribution < -0.4 is 10.6 Å². The molecule has 1 atom stereocenters. The predicted octanol–water partition coefficient (Wildman–Crippen LogP) is 4.28. The second-order valence-corrected chi connectivity index (χ2v) is 6.26. The van der Waals surface area contributed by atoms with E-state index in [0.29, 0.717) is 0 Å². The third kappa shape index (κ3) is 5.47. The van der Waals surface area contributed by atoms with E-state index in [0.717, 1.165) is 17.7 Å². The molecule has 0 aliphatic rings. The van der Waals surface area contributed by atoms with Gasteiger partial charge in [-0.1, -0.05) is 36.4 Å². The van der Waals surface area contributed by atoms with Gasteiger partial charge in [0, 0.05) is 12.1 Å². The summed E-state index contributed by atoms with van der Waals surface area (Å²) in [5.74, 6) is -1.22. The fraction of sp³-hybridized carbons (Fsp3) is 0.143. The molecule has 1 heterocycles. The average Bonchev–Trinajstić information content (AvgIpc) is 3.23. The molecule has 0 radical (unpaired) electrons. The van der Waals surface area contributed by atoms with Crippen molar-refractivity contribution in [1.29, 1.82) is 0 Å². The van der Waals surface area contributed by atoms with Gasteiger partial charge >= 0.3 is 6.18 Å². The van der Waals surface area contributed by atoms with E-state index in [9.17, 15) is 22.8 Å². The van der Waals surface area contributed by atoms with E-state index in [1.54, 1.807) is 24.3 Å². The van der Waals surface area contributed by atoms with Gasteiger partial charge in [-0.05, 0) is 35.9 Å². The molecule has 3 rings (SSSR count). The summed E-state index contributed by atoms with van der Waals surface area (Å²) in [4.78, 5) is 25.1. The lowest BCUT2D eigenvalue weighted by Crippen LogP contribution is -2.45. The molecule has 1 aromatic heterocycles. The Labute approximate surface area is 164 Å². The molecular formula is C21H17F3N2O3. The lowest BCUT2D eigenvalue weighted by molar-refractivity contribution is -0.137. The molecule has 0 spiro atoms. The van der Waals surface area contributed by atoms with E-state index in [1.165, 1.54) is 30.5 Å². The second-order valence-electron chi connectivity index (χ2n) is 6.26. The van der Waals surface area contributed by atoms with E-state index in [2.05, 4.69) is 10.6 Å². The Morgan fingerprint density at radius 2 is 1.72 bits per heavy atom. The van der Waals surface area contributed by atoms with Crippen LogP contribution in [0, 0.1) is 0 Å². The standard InChI is InChI=1S/C21H17F3N2O3/c22-21(23,24)15-8-4-9-16(13-15)25-19(27)17(12-14-6-2-1-3-7-14)26-20(28)18-10-5-11-29-18/h1-11,13,17H,12H2,(H,25,27)(H,26,28). The first-order chi connectivity index (χ1) is 13.8. The van der Waals surface area contributed by atoms with E-state index in [-0.39, 0.29) is 17.9 Å². The third-order valence-corrected chi connectivity index (χ3v) is 4.11. The fourth-order valence-electron chi connectivity index (χ4n) is 2.70. The highest BCUT2D eigenvalue weighted by molar-refractivity contribution is 6.00. The summed E-state index contributed by atoms with van der Waals surface area (Å²) < 4.78 is 43.7. The molecule has 2 amide bonds. The summed E-state index contributed by atoms with van der Waals surface area (Å²) in [5.41, 5.74) is -0.124. The lowest BCUT2D eigenvalue weighted by atomic mass is 10.0. The Balaban J connectivity index is 1.79. The zero-order valence-electron chi connectivity index (χ0n) is 15.1. The van der Waals surface area contributed by atoms with Crippen molar-refractivity contribution < 1.29 is 27.2 Å². The first kappa shape index (κ1) is 20.2. The highest BCUT2D eigenvalue weighted by atomic mass is 19.4. The van der Waals surface area contributed by atoms with Crippen molar-refractivity contribution in [3.63, 3.8) is 0 Å². The number of carbonyl (C=O) groups excluding carboxylic acids is 2. The maximum absolute atomic E-state index is 12.9. The fourth-order valence-corrected chi connectivity index (χ4v) is 2.70. The summed E-state index contributed by atoms with van der Waals surface area (Å²) in [6.07, 6.45) is -3.06. The number of hydrogen-bond donors (Lipinski definition) is 2. The summed E-state index contributed by atoms with van der Waals surface area (Å²) in [7, 11) is 0. The van der Waals surface area contributed by atoms with Gasteiger partial charge in [-0.15, -0.1) is 0 Å². The average molecular weight is 402 g/mol. The summed E-state index contributed by atoms with van der Waals surface area (Å²) in [6.45, 7) is 0. The Hall–Kier alpha value is -3.55. The van der Waals surface area contributed by atoms with Crippen LogP contribution in [0.25, 0.3) is 0 Å². The monoisotopic (exact) mass is 402 g/mol. The molecule has 0 saturated carbocycles. The van der Waals surface area contributed by atoms with Gasteiger partial charge < -0.3 is 15.1 Å². The molecule has 5 nitrogen and oxygen atoms in total. The number of benzene rings is 2. The van der Waals surface area contributed by atoms with Gasteiger partial charge in [0.2, 0.25) is 5.91 Å². The van der Waals surface area contributed by atoms with Crippen LogP contribution in [0.1, 0.15) is 21.7 Å². The summed E-state index contributed by atoms with van der Waals surface area (Å²) in [5, 5.41) is 5.01. The molecule has 2 N–H and O–H groups in total. The van der Waals surface area contributed by atoms with Crippen molar-refractivity contribution in [3.8, 4) is 0 Å². The minimum atomic E-state index is -4.53. The number of furan rings is 1. The first-order valence-corrected chi connectivity index (χ1v) is 8.69. The minimum Gasteiger partial charge on any atom is -0.459 e. The Bertz CT molecular complexity index is 970. The number of amides is 2. The van der Waals surface area contributed by atoms with Crippen LogP contribution in [0.15, 0.2) is 77.4 Å². The Morgan fingerprint density at radius 3 is 2.38 bits per heavy atom. The molecule has 0 bridgehead atoms. The van der Waals surface area contributed by atoms with Gasteiger partial charge in [-0.3, -0.25) is 9.59 Å². The summed E-state index contributed by atoms with van der Waals surface area (Å²) >= 11 is 0. The molecule has 8 heteroatoms. The highest BCUT2D eigenvalue weighted by Gasteiger charge is 2.31. The van der Waals surface area contributed by atoms with E-state index in [1.807, 2.05) is 6.07 Å². The van der Waals surface area contributed by atoms with Crippen molar-refractivity contribution in [3.05, 3.63) is 89.9 Å². The number of nitrogens with one attached hydrogen (secondary N) is 2. The molecule has 0 aliphatic heterocycles. The van der Waals surface area contributed by atoms with Crippen LogP contribution >= 0.6 is 0 Å². The zero-order valence-corrected chi connectivity index (χ0v) is 15.1. The molecule has 2 aromatic carbocycles. The van der Waals surface area contributed by atoms with Crippen molar-refractivity contribution >= 4 is 17.5 Å². The minimum absolute atomic E-state index is 0.0184. The van der Waals surface area contributed by atoms with Crippen LogP contribution in [-0.4, -0.2) is 17.9 Å². The van der Waals surface area contributed by atoms with Gasteiger partial charge in [0.15, 0.2) is 5.76 Å². The Morgan fingerprint density at radius 1 is 0.966 bits per heavy atom. The molecule has 0 aliphatic carbocycles. The topological polar surface area (TPSA) is 71.3 Å². The van der Waals surface area contributed by atoms with Crippen LogP contribution in [0.5, 0.6) is 0 Å². The van der Waals surface area contributed by atoms with Crippen LogP contribution in [0.2, 0.25) is 0 Å². The second kappa shape index (κ2) is 8.64. The van der Waals surface area contributed by atoms with Crippen LogP contribution in [0.4, 0.5) is 18.9 Å². The molecule has 1 unspecified atom stereocenters. The van der Waals surface area contributed by atoms with Gasteiger partial charge in [-0.25, -0.2) is 0 Å². The molecule has 0 fully saturated rings. The summed E-state index contributed by atoms with van der Waals surface area (Å²) in [6, 6.07) is 15.2. The van der Waals surface area contributed by atoms with E-state index >= 15 is 0 Å². The number of carbonyl (C=O) groups is 2. The van der Waals surface area contributed by atoms with Gasteiger partial charge in [0.25, 0.3) is 5.91 Å². The number of hydrogen-bond acceptors (Lipinski definition) is 3. The predicted molar refractivity (Wildman–Crippen MR) is 100 cm³/mol. The SMILES string of the molecule is O=C(NC(Cc1ccccc1)C(=O)Nc1cccc(C(F)(F)F)c1)c1ccco1. The van der Waals surface area contributed by atoms with Crippen LogP contribution in [0.3, 0.4) is 0 Å². The molecular weight excluding hydrogens is 385 g/mol. The van der Waals surface area contributed by atoms with Crippen molar-refractivity contribution in [1.82, 2.24) is 5.32 Å². The smallest absolute Gasteiger partial charge is 0.416 e. The number of anilines is 1. The van der Waals surface area contributed by atoms with Crippen molar-refractivity contribution in [2.45, 2.75) is 18.6 Å². The molecule has 0 saturated heterocycles. The normalized spacial score (nSPS) is 12.2. The van der Waals surface area contributed by atoms with Crippen LogP contribution in [-0.2, 0) is 17.4 Å². The molecule has 29 heavy (non-hydrogen) atoms. The van der Waals surface area contributed by atoms with Gasteiger partial charge in [-0.2, -0.15) is 13.2 Å². The maximum Gasteiger partial charge on any atom is 0.416 e. The highest BCUT2D eigenvalue weighted by Crippen LogP contribution is 2.30.